The molecule has 1 amide bonds. The molecule has 1 unspecified atom stereocenters. The minimum atomic E-state index is -0.924. The van der Waals surface area contributed by atoms with E-state index in [-0.39, 0.29) is 5.92 Å². The van der Waals surface area contributed by atoms with Crippen molar-refractivity contribution in [2.24, 2.45) is 5.92 Å². The number of nitrogens with zero attached hydrogens (tertiary/aromatic N) is 1. The molecule has 1 aliphatic rings. The summed E-state index contributed by atoms with van der Waals surface area (Å²) in [5.74, 6) is 1.56. The fourth-order valence-electron chi connectivity index (χ4n) is 5.12. The highest BCUT2D eigenvalue weighted by molar-refractivity contribution is 5.65. The molecule has 1 heterocycles. The molecule has 37 heavy (non-hydrogen) atoms. The number of rotatable bonds is 10. The fraction of sp³-hybridized carbons (Fsp3) is 0.367. The number of methoxy groups -OCH3 is 2. The summed E-state index contributed by atoms with van der Waals surface area (Å²) in [6.45, 7) is 1.21. The van der Waals surface area contributed by atoms with Gasteiger partial charge in [0.05, 0.1) is 26.9 Å². The van der Waals surface area contributed by atoms with E-state index in [0.717, 1.165) is 28.2 Å². The van der Waals surface area contributed by atoms with E-state index < -0.39 is 17.8 Å². The zero-order valence-electron chi connectivity index (χ0n) is 21.4. The third-order valence-electron chi connectivity index (χ3n) is 7.26. The summed E-state index contributed by atoms with van der Waals surface area (Å²) < 4.78 is 17.6. The Hall–Kier alpha value is -3.55. The van der Waals surface area contributed by atoms with Crippen LogP contribution in [0, 0.1) is 5.92 Å². The molecule has 0 aromatic heterocycles. The van der Waals surface area contributed by atoms with Gasteiger partial charge in [0.2, 0.25) is 0 Å². The summed E-state index contributed by atoms with van der Waals surface area (Å²) in [6.07, 6.45) is 0.264. The van der Waals surface area contributed by atoms with Gasteiger partial charge in [0.25, 0.3) is 0 Å². The lowest BCUT2D eigenvalue weighted by molar-refractivity contribution is -0.0211. The van der Waals surface area contributed by atoms with Gasteiger partial charge in [-0.1, -0.05) is 54.6 Å². The molecule has 3 aromatic carbocycles. The van der Waals surface area contributed by atoms with Crippen molar-refractivity contribution in [2.45, 2.75) is 31.0 Å². The van der Waals surface area contributed by atoms with E-state index in [1.165, 1.54) is 4.90 Å². The fourth-order valence-corrected chi connectivity index (χ4v) is 5.12. The van der Waals surface area contributed by atoms with Crippen LogP contribution in [0.4, 0.5) is 4.79 Å². The lowest BCUT2D eigenvalue weighted by Gasteiger charge is -2.37. The van der Waals surface area contributed by atoms with Crippen molar-refractivity contribution in [3.8, 4) is 11.5 Å². The molecule has 3 aromatic rings. The highest BCUT2D eigenvalue weighted by Gasteiger charge is 2.38. The van der Waals surface area contributed by atoms with Gasteiger partial charge in [0.1, 0.15) is 17.1 Å². The van der Waals surface area contributed by atoms with E-state index in [0.29, 0.717) is 39.0 Å². The molecule has 1 aliphatic heterocycles. The van der Waals surface area contributed by atoms with Crippen LogP contribution in [-0.2, 0) is 10.3 Å². The summed E-state index contributed by atoms with van der Waals surface area (Å²) in [5, 5.41) is 20.2. The number of hydrogen-bond acceptors (Lipinski definition) is 5. The highest BCUT2D eigenvalue weighted by atomic mass is 16.5. The molecule has 1 saturated heterocycles. The number of amides is 1. The Morgan fingerprint density at radius 2 is 1.35 bits per heavy atom. The van der Waals surface area contributed by atoms with Gasteiger partial charge in [0, 0.05) is 13.1 Å². The Labute approximate surface area is 218 Å². The number of aliphatic hydroxyl groups is 1. The van der Waals surface area contributed by atoms with Gasteiger partial charge in [-0.2, -0.15) is 0 Å². The molecule has 0 aliphatic carbocycles. The van der Waals surface area contributed by atoms with Crippen molar-refractivity contribution in [3.05, 3.63) is 95.6 Å². The van der Waals surface area contributed by atoms with Gasteiger partial charge in [0.15, 0.2) is 0 Å². The first-order valence-corrected chi connectivity index (χ1v) is 12.6. The van der Waals surface area contributed by atoms with E-state index >= 15 is 0 Å². The number of hydrogen-bond donors (Lipinski definition) is 2. The van der Waals surface area contributed by atoms with Crippen LogP contribution in [0.1, 0.15) is 36.0 Å². The summed E-state index contributed by atoms with van der Waals surface area (Å²) >= 11 is 0. The van der Waals surface area contributed by atoms with E-state index in [1.54, 1.807) is 14.2 Å². The summed E-state index contributed by atoms with van der Waals surface area (Å²) in [7, 11) is 3.28. The average Bonchev–Trinajstić information content (AvgIpc) is 2.96. The maximum absolute atomic E-state index is 11.2. The van der Waals surface area contributed by atoms with Crippen LogP contribution in [0.3, 0.4) is 0 Å². The Balaban J connectivity index is 1.63. The highest BCUT2D eigenvalue weighted by Crippen LogP contribution is 2.42. The SMILES string of the molecule is COc1ccc(C(OCCC(O)C2CCN(C(=O)O)CC2)(c2ccccc2)c2ccc(OC)cc2)cc1. The monoisotopic (exact) mass is 505 g/mol. The van der Waals surface area contributed by atoms with Gasteiger partial charge < -0.3 is 29.3 Å². The second-order valence-electron chi connectivity index (χ2n) is 9.32. The Morgan fingerprint density at radius 3 is 1.81 bits per heavy atom. The van der Waals surface area contributed by atoms with Gasteiger partial charge in [-0.05, 0) is 66.1 Å². The third kappa shape index (κ3) is 5.89. The minimum absolute atomic E-state index is 0.0484. The third-order valence-corrected chi connectivity index (χ3v) is 7.26. The zero-order chi connectivity index (χ0) is 26.3. The van der Waals surface area contributed by atoms with E-state index in [2.05, 4.69) is 0 Å². The minimum Gasteiger partial charge on any atom is -0.497 e. The molecule has 4 rings (SSSR count). The predicted molar refractivity (Wildman–Crippen MR) is 141 cm³/mol. The Kier molecular flexibility index (Phi) is 8.69. The van der Waals surface area contributed by atoms with Crippen molar-refractivity contribution < 1.29 is 29.2 Å². The standard InChI is InChI=1S/C30H35NO6/c1-35-26-12-8-24(9-13-26)30(23-6-4-3-5-7-23,25-10-14-27(36-2)15-11-25)37-21-18-28(32)22-16-19-31(20-17-22)29(33)34/h3-15,22,28,32H,16-21H2,1-2H3,(H,33,34). The van der Waals surface area contributed by atoms with Crippen LogP contribution >= 0.6 is 0 Å². The number of ether oxygens (including phenoxy) is 3. The smallest absolute Gasteiger partial charge is 0.407 e. The van der Waals surface area contributed by atoms with Crippen molar-refractivity contribution in [1.82, 2.24) is 4.90 Å². The van der Waals surface area contributed by atoms with E-state index in [1.807, 2.05) is 78.9 Å². The molecule has 0 radical (unpaired) electrons. The van der Waals surface area contributed by atoms with Crippen LogP contribution in [0.2, 0.25) is 0 Å². The van der Waals surface area contributed by atoms with E-state index in [4.69, 9.17) is 14.2 Å². The number of aliphatic hydroxyl groups excluding tert-OH is 1. The molecule has 196 valence electrons. The first kappa shape index (κ1) is 26.5. The molecule has 7 nitrogen and oxygen atoms in total. The molecule has 1 atom stereocenters. The van der Waals surface area contributed by atoms with Gasteiger partial charge >= 0.3 is 6.09 Å². The van der Waals surface area contributed by atoms with Crippen LogP contribution in [0.25, 0.3) is 0 Å². The van der Waals surface area contributed by atoms with Crippen LogP contribution in [0.5, 0.6) is 11.5 Å². The topological polar surface area (TPSA) is 88.5 Å². The zero-order valence-corrected chi connectivity index (χ0v) is 21.4. The quantitative estimate of drug-likeness (QED) is 0.371. The molecular formula is C30H35NO6. The first-order chi connectivity index (χ1) is 18.0. The van der Waals surface area contributed by atoms with Crippen molar-refractivity contribution in [3.63, 3.8) is 0 Å². The molecule has 0 bridgehead atoms. The molecule has 2 N–H and O–H groups in total. The molecule has 1 fully saturated rings. The maximum atomic E-state index is 11.2. The lowest BCUT2D eigenvalue weighted by atomic mass is 9.80. The number of carboxylic acid groups (broad SMARTS) is 1. The van der Waals surface area contributed by atoms with Crippen LogP contribution < -0.4 is 9.47 Å². The van der Waals surface area contributed by atoms with Crippen molar-refractivity contribution >= 4 is 6.09 Å². The molecule has 0 saturated carbocycles. The number of carbonyl (C=O) groups is 1. The van der Waals surface area contributed by atoms with Crippen molar-refractivity contribution in [2.75, 3.05) is 33.9 Å². The summed E-state index contributed by atoms with van der Waals surface area (Å²) in [6, 6.07) is 25.8. The average molecular weight is 506 g/mol. The number of benzene rings is 3. The summed E-state index contributed by atoms with van der Waals surface area (Å²) in [5.41, 5.74) is 1.92. The second-order valence-corrected chi connectivity index (χ2v) is 9.32. The Bertz CT molecular complexity index is 1080. The summed E-state index contributed by atoms with van der Waals surface area (Å²) in [4.78, 5) is 12.6. The predicted octanol–water partition coefficient (Wildman–Crippen LogP) is 5.15. The number of piperidine rings is 1. The second kappa shape index (κ2) is 12.1. The van der Waals surface area contributed by atoms with E-state index in [9.17, 15) is 15.0 Å². The molecule has 7 heteroatoms. The van der Waals surface area contributed by atoms with Crippen LogP contribution in [0.15, 0.2) is 78.9 Å². The normalized spacial score (nSPS) is 15.3. The largest absolute Gasteiger partial charge is 0.497 e. The van der Waals surface area contributed by atoms with Gasteiger partial charge in [-0.25, -0.2) is 4.79 Å². The Morgan fingerprint density at radius 1 is 0.865 bits per heavy atom. The molecule has 0 spiro atoms. The lowest BCUT2D eigenvalue weighted by Crippen LogP contribution is -2.41. The number of likely N-dealkylation sites (tertiary alicyclic amines) is 1. The van der Waals surface area contributed by atoms with Gasteiger partial charge in [-0.3, -0.25) is 0 Å². The van der Waals surface area contributed by atoms with Crippen LogP contribution in [-0.4, -0.2) is 61.2 Å². The van der Waals surface area contributed by atoms with Gasteiger partial charge in [-0.15, -0.1) is 0 Å². The van der Waals surface area contributed by atoms with Crippen molar-refractivity contribution in [1.29, 1.82) is 0 Å². The first-order valence-electron chi connectivity index (χ1n) is 12.6. The maximum Gasteiger partial charge on any atom is 0.407 e. The molecular weight excluding hydrogens is 470 g/mol.